The van der Waals surface area contributed by atoms with Crippen molar-refractivity contribution in [1.82, 2.24) is 25.5 Å². The Morgan fingerprint density at radius 1 is 1.38 bits per heavy atom. The molecule has 1 aromatic heterocycles. The fourth-order valence-corrected chi connectivity index (χ4v) is 2.22. The lowest BCUT2D eigenvalue weighted by Crippen LogP contribution is -2.25. The number of nitrogens with one attached hydrogen (secondary N) is 1. The lowest BCUT2D eigenvalue weighted by atomic mass is 10.1. The van der Waals surface area contributed by atoms with Crippen LogP contribution in [0.5, 0.6) is 0 Å². The summed E-state index contributed by atoms with van der Waals surface area (Å²) in [4.78, 5) is 0. The Hall–Kier alpha value is -0.970. The monoisotopic (exact) mass is 223 g/mol. The van der Waals surface area contributed by atoms with E-state index in [9.17, 15) is 0 Å². The maximum Gasteiger partial charge on any atom is 0.165 e. The molecule has 1 fully saturated rings. The van der Waals surface area contributed by atoms with Gasteiger partial charge in [-0.1, -0.05) is 26.7 Å². The van der Waals surface area contributed by atoms with Crippen LogP contribution in [0.25, 0.3) is 0 Å². The van der Waals surface area contributed by atoms with Crippen molar-refractivity contribution in [3.63, 3.8) is 0 Å². The standard InChI is InChI=1S/C11H21N5/c1-9(2)12-7-11-13-14-15-16(11)8-10-5-3-4-6-10/h9-10,12H,3-8H2,1-2H3. The Labute approximate surface area is 96.6 Å². The van der Waals surface area contributed by atoms with Crippen LogP contribution in [0.1, 0.15) is 45.4 Å². The molecule has 0 unspecified atom stereocenters. The van der Waals surface area contributed by atoms with Gasteiger partial charge in [-0.2, -0.15) is 0 Å². The minimum atomic E-state index is 0.469. The summed E-state index contributed by atoms with van der Waals surface area (Å²) in [5.74, 6) is 1.74. The van der Waals surface area contributed by atoms with Gasteiger partial charge < -0.3 is 5.32 Å². The number of rotatable bonds is 5. The van der Waals surface area contributed by atoms with Gasteiger partial charge >= 0.3 is 0 Å². The second-order valence-corrected chi connectivity index (χ2v) is 4.96. The van der Waals surface area contributed by atoms with Crippen molar-refractivity contribution in [3.05, 3.63) is 5.82 Å². The largest absolute Gasteiger partial charge is 0.308 e. The lowest BCUT2D eigenvalue weighted by Gasteiger charge is -2.11. The van der Waals surface area contributed by atoms with Crippen molar-refractivity contribution in [2.75, 3.05) is 0 Å². The van der Waals surface area contributed by atoms with E-state index < -0.39 is 0 Å². The highest BCUT2D eigenvalue weighted by atomic mass is 15.5. The highest BCUT2D eigenvalue weighted by Crippen LogP contribution is 2.25. The predicted molar refractivity (Wildman–Crippen MR) is 61.8 cm³/mol. The molecule has 1 aromatic rings. The van der Waals surface area contributed by atoms with Gasteiger partial charge in [0.1, 0.15) is 0 Å². The van der Waals surface area contributed by atoms with Crippen LogP contribution >= 0.6 is 0 Å². The fourth-order valence-electron chi connectivity index (χ4n) is 2.22. The van der Waals surface area contributed by atoms with E-state index in [4.69, 9.17) is 0 Å². The van der Waals surface area contributed by atoms with E-state index in [1.807, 2.05) is 4.68 Å². The molecule has 90 valence electrons. The van der Waals surface area contributed by atoms with Crippen molar-refractivity contribution in [3.8, 4) is 0 Å². The Morgan fingerprint density at radius 2 is 2.12 bits per heavy atom. The van der Waals surface area contributed by atoms with E-state index in [-0.39, 0.29) is 0 Å². The summed E-state index contributed by atoms with van der Waals surface area (Å²) >= 11 is 0. The van der Waals surface area contributed by atoms with Crippen LogP contribution in [0.3, 0.4) is 0 Å². The molecule has 1 aliphatic carbocycles. The van der Waals surface area contributed by atoms with Gasteiger partial charge in [0, 0.05) is 12.6 Å². The van der Waals surface area contributed by atoms with Gasteiger partial charge in [-0.3, -0.25) is 0 Å². The van der Waals surface area contributed by atoms with E-state index in [2.05, 4.69) is 34.7 Å². The summed E-state index contributed by atoms with van der Waals surface area (Å²) in [6.07, 6.45) is 5.40. The summed E-state index contributed by atoms with van der Waals surface area (Å²) < 4.78 is 1.96. The van der Waals surface area contributed by atoms with Crippen LogP contribution in [-0.4, -0.2) is 26.2 Å². The van der Waals surface area contributed by atoms with E-state index in [1.165, 1.54) is 25.7 Å². The molecule has 1 aliphatic rings. The maximum atomic E-state index is 4.07. The van der Waals surface area contributed by atoms with Crippen molar-refractivity contribution in [1.29, 1.82) is 0 Å². The van der Waals surface area contributed by atoms with Gasteiger partial charge in [-0.25, -0.2) is 4.68 Å². The quantitative estimate of drug-likeness (QED) is 0.819. The second kappa shape index (κ2) is 5.39. The molecule has 0 amide bonds. The van der Waals surface area contributed by atoms with Crippen molar-refractivity contribution in [2.45, 2.75) is 58.7 Å². The number of hydrogen-bond donors (Lipinski definition) is 1. The molecule has 16 heavy (non-hydrogen) atoms. The first-order valence-electron chi connectivity index (χ1n) is 6.24. The molecule has 0 bridgehead atoms. The Kier molecular flexibility index (Phi) is 3.88. The molecular formula is C11H21N5. The zero-order chi connectivity index (χ0) is 11.4. The molecule has 0 aromatic carbocycles. The average molecular weight is 223 g/mol. The van der Waals surface area contributed by atoms with Gasteiger partial charge in [-0.15, -0.1) is 5.10 Å². The van der Waals surface area contributed by atoms with Crippen LogP contribution in [-0.2, 0) is 13.1 Å². The van der Waals surface area contributed by atoms with Gasteiger partial charge in [0.15, 0.2) is 5.82 Å². The molecular weight excluding hydrogens is 202 g/mol. The van der Waals surface area contributed by atoms with Crippen LogP contribution < -0.4 is 5.32 Å². The van der Waals surface area contributed by atoms with Crippen LogP contribution in [0, 0.1) is 5.92 Å². The second-order valence-electron chi connectivity index (χ2n) is 4.96. The van der Waals surface area contributed by atoms with E-state index >= 15 is 0 Å². The molecule has 0 saturated heterocycles. The highest BCUT2D eigenvalue weighted by Gasteiger charge is 2.17. The molecule has 2 rings (SSSR count). The molecule has 1 heterocycles. The zero-order valence-corrected chi connectivity index (χ0v) is 10.2. The van der Waals surface area contributed by atoms with E-state index in [1.54, 1.807) is 0 Å². The smallest absolute Gasteiger partial charge is 0.165 e. The molecule has 1 saturated carbocycles. The molecule has 5 heteroatoms. The minimum Gasteiger partial charge on any atom is -0.308 e. The summed E-state index contributed by atoms with van der Waals surface area (Å²) in [6, 6.07) is 0.469. The molecule has 0 aliphatic heterocycles. The summed E-state index contributed by atoms with van der Waals surface area (Å²) in [5, 5.41) is 15.3. The maximum absolute atomic E-state index is 4.07. The van der Waals surface area contributed by atoms with Gasteiger partial charge in [0.2, 0.25) is 0 Å². The molecule has 0 radical (unpaired) electrons. The van der Waals surface area contributed by atoms with Crippen LogP contribution in [0.4, 0.5) is 0 Å². The normalized spacial score (nSPS) is 17.4. The van der Waals surface area contributed by atoms with Crippen molar-refractivity contribution >= 4 is 0 Å². The fraction of sp³-hybridized carbons (Fsp3) is 0.909. The minimum absolute atomic E-state index is 0.469. The third-order valence-corrected chi connectivity index (χ3v) is 3.18. The number of tetrazole rings is 1. The lowest BCUT2D eigenvalue weighted by molar-refractivity contribution is 0.405. The topological polar surface area (TPSA) is 55.6 Å². The summed E-state index contributed by atoms with van der Waals surface area (Å²) in [6.45, 7) is 6.01. The predicted octanol–water partition coefficient (Wildman–Crippen LogP) is 1.36. The number of aromatic nitrogens is 4. The van der Waals surface area contributed by atoms with Crippen LogP contribution in [0.2, 0.25) is 0 Å². The van der Waals surface area contributed by atoms with E-state index in [0.29, 0.717) is 6.04 Å². The Bertz CT molecular complexity index is 314. The Morgan fingerprint density at radius 3 is 2.81 bits per heavy atom. The van der Waals surface area contributed by atoms with Crippen molar-refractivity contribution < 1.29 is 0 Å². The average Bonchev–Trinajstić information content (AvgIpc) is 2.87. The SMILES string of the molecule is CC(C)NCc1nnnn1CC1CCCC1. The van der Waals surface area contributed by atoms with Gasteiger partial charge in [-0.05, 0) is 29.2 Å². The van der Waals surface area contributed by atoms with Gasteiger partial charge in [0.05, 0.1) is 6.54 Å². The molecule has 5 nitrogen and oxygen atoms in total. The Balaban J connectivity index is 1.90. The van der Waals surface area contributed by atoms with Crippen molar-refractivity contribution in [2.24, 2.45) is 5.92 Å². The first-order chi connectivity index (χ1) is 7.75. The molecule has 0 atom stereocenters. The first kappa shape index (κ1) is 11.5. The zero-order valence-electron chi connectivity index (χ0n) is 10.2. The first-order valence-corrected chi connectivity index (χ1v) is 6.24. The highest BCUT2D eigenvalue weighted by molar-refractivity contribution is 4.82. The number of nitrogens with zero attached hydrogens (tertiary/aromatic N) is 4. The van der Waals surface area contributed by atoms with E-state index in [0.717, 1.165) is 24.8 Å². The number of hydrogen-bond acceptors (Lipinski definition) is 4. The molecule has 0 spiro atoms. The van der Waals surface area contributed by atoms with Gasteiger partial charge in [0.25, 0.3) is 0 Å². The third-order valence-electron chi connectivity index (χ3n) is 3.18. The summed E-state index contributed by atoms with van der Waals surface area (Å²) in [5.41, 5.74) is 0. The molecule has 1 N–H and O–H groups in total. The third kappa shape index (κ3) is 3.01. The van der Waals surface area contributed by atoms with Crippen LogP contribution in [0.15, 0.2) is 0 Å². The summed E-state index contributed by atoms with van der Waals surface area (Å²) in [7, 11) is 0.